The number of hydrogen-bond donors (Lipinski definition) is 1. The summed E-state index contributed by atoms with van der Waals surface area (Å²) in [7, 11) is 1.36. The average molecular weight is 465 g/mol. The first-order valence-corrected chi connectivity index (χ1v) is 11.6. The zero-order chi connectivity index (χ0) is 24.5. The number of hydrogen-bond acceptors (Lipinski definition) is 6. The maximum absolute atomic E-state index is 12.6. The monoisotopic (exact) mass is 464 g/mol. The van der Waals surface area contributed by atoms with Crippen LogP contribution in [0.4, 0.5) is 10.5 Å². The lowest BCUT2D eigenvalue weighted by Gasteiger charge is -2.35. The van der Waals surface area contributed by atoms with E-state index in [1.54, 1.807) is 11.1 Å². The van der Waals surface area contributed by atoms with Crippen LogP contribution in [-0.4, -0.2) is 58.4 Å². The molecular formula is C26H32N4O4. The van der Waals surface area contributed by atoms with Crippen LogP contribution < -0.4 is 5.32 Å². The second-order valence-electron chi connectivity index (χ2n) is 9.66. The van der Waals surface area contributed by atoms with Crippen LogP contribution in [0.2, 0.25) is 0 Å². The number of esters is 1. The number of benzene rings is 1. The highest BCUT2D eigenvalue weighted by molar-refractivity contribution is 6.04. The second-order valence-corrected chi connectivity index (χ2v) is 9.66. The van der Waals surface area contributed by atoms with Crippen molar-refractivity contribution in [3.63, 3.8) is 0 Å². The first-order chi connectivity index (χ1) is 16.2. The van der Waals surface area contributed by atoms with Crippen molar-refractivity contribution in [1.82, 2.24) is 14.5 Å². The van der Waals surface area contributed by atoms with Gasteiger partial charge in [0.25, 0.3) is 0 Å². The molecule has 1 N–H and O–H groups in total. The molecule has 1 unspecified atom stereocenters. The molecule has 1 saturated heterocycles. The van der Waals surface area contributed by atoms with Crippen LogP contribution in [0.1, 0.15) is 49.5 Å². The summed E-state index contributed by atoms with van der Waals surface area (Å²) in [5.41, 5.74) is 3.37. The number of nitrogens with one attached hydrogen (secondary N) is 1. The predicted molar refractivity (Wildman–Crippen MR) is 132 cm³/mol. The predicted octanol–water partition coefficient (Wildman–Crippen LogP) is 4.93. The van der Waals surface area contributed by atoms with E-state index in [0.29, 0.717) is 24.3 Å². The fourth-order valence-electron chi connectivity index (χ4n) is 4.33. The van der Waals surface area contributed by atoms with Crippen LogP contribution in [0.15, 0.2) is 42.7 Å². The zero-order valence-electron chi connectivity index (χ0n) is 20.4. The number of para-hydroxylation sites is 1. The number of aromatic nitrogens is 2. The van der Waals surface area contributed by atoms with Crippen LogP contribution in [0, 0.1) is 6.92 Å². The van der Waals surface area contributed by atoms with Gasteiger partial charge in [-0.15, -0.1) is 0 Å². The van der Waals surface area contributed by atoms with Gasteiger partial charge in [0.1, 0.15) is 16.8 Å². The summed E-state index contributed by atoms with van der Waals surface area (Å²) in [6, 6.07) is 9.99. The summed E-state index contributed by atoms with van der Waals surface area (Å²) in [5.74, 6) is -0.458. The van der Waals surface area contributed by atoms with E-state index >= 15 is 0 Å². The largest absolute Gasteiger partial charge is 0.465 e. The second kappa shape index (κ2) is 9.37. The number of piperidine rings is 1. The lowest BCUT2D eigenvalue weighted by molar-refractivity contribution is 0.0206. The summed E-state index contributed by atoms with van der Waals surface area (Å²) in [5, 5.41) is 4.35. The Bertz CT molecular complexity index is 1210. The number of likely N-dealkylation sites (tertiary alicyclic amines) is 1. The molecule has 0 radical (unpaired) electrons. The number of carbonyl (C=O) groups excluding carboxylic acids is 2. The molecule has 1 atom stereocenters. The topological polar surface area (TPSA) is 85.7 Å². The molecule has 0 aliphatic carbocycles. The maximum atomic E-state index is 12.6. The molecule has 0 spiro atoms. The van der Waals surface area contributed by atoms with Gasteiger partial charge in [0.15, 0.2) is 0 Å². The van der Waals surface area contributed by atoms with Crippen molar-refractivity contribution in [1.29, 1.82) is 0 Å². The van der Waals surface area contributed by atoms with Gasteiger partial charge in [0, 0.05) is 42.6 Å². The number of pyridine rings is 1. The lowest BCUT2D eigenvalue weighted by atomic mass is 10.0. The van der Waals surface area contributed by atoms with Crippen LogP contribution in [0.5, 0.6) is 0 Å². The molecule has 1 aromatic carbocycles. The standard InChI is InChI=1S/C26H32N4O4/c1-17-9-6-7-11-21(17)30-14-12-19-22(20(24(31)33-5)15-27-23(19)30)28-18-10-8-13-29(16-18)25(32)34-26(2,3)4/h6-7,9,11-12,14-15,18H,8,10,13,16H2,1-5H3,(H,27,28). The van der Waals surface area contributed by atoms with Gasteiger partial charge in [-0.3, -0.25) is 0 Å². The van der Waals surface area contributed by atoms with Crippen molar-refractivity contribution in [3.8, 4) is 5.69 Å². The SMILES string of the molecule is COC(=O)c1cnc2c(ccn2-c2ccccc2C)c1NC1CCCN(C(=O)OC(C)(C)C)C1. The minimum Gasteiger partial charge on any atom is -0.465 e. The molecule has 8 heteroatoms. The number of amides is 1. The highest BCUT2D eigenvalue weighted by atomic mass is 16.6. The summed E-state index contributed by atoms with van der Waals surface area (Å²) >= 11 is 0. The molecule has 180 valence electrons. The van der Waals surface area contributed by atoms with Gasteiger partial charge in [-0.05, 0) is 58.2 Å². The Morgan fingerprint density at radius 1 is 1.18 bits per heavy atom. The summed E-state index contributed by atoms with van der Waals surface area (Å²) in [4.78, 5) is 31.5. The van der Waals surface area contributed by atoms with E-state index in [1.165, 1.54) is 7.11 Å². The Balaban J connectivity index is 1.68. The van der Waals surface area contributed by atoms with Crippen LogP contribution >= 0.6 is 0 Å². The fourth-order valence-corrected chi connectivity index (χ4v) is 4.33. The molecule has 1 amide bonds. The third-order valence-corrected chi connectivity index (χ3v) is 5.92. The highest BCUT2D eigenvalue weighted by Crippen LogP contribution is 2.31. The van der Waals surface area contributed by atoms with Crippen LogP contribution in [0.25, 0.3) is 16.7 Å². The van der Waals surface area contributed by atoms with Gasteiger partial charge in [0.05, 0.1) is 12.8 Å². The van der Waals surface area contributed by atoms with Gasteiger partial charge in [-0.1, -0.05) is 18.2 Å². The quantitative estimate of drug-likeness (QED) is 0.551. The van der Waals surface area contributed by atoms with Gasteiger partial charge in [0.2, 0.25) is 0 Å². The Morgan fingerprint density at radius 2 is 1.94 bits per heavy atom. The van der Waals surface area contributed by atoms with E-state index in [2.05, 4.69) is 23.3 Å². The van der Waals surface area contributed by atoms with E-state index in [-0.39, 0.29) is 12.1 Å². The normalized spacial score (nSPS) is 16.4. The molecule has 0 saturated carbocycles. The number of ether oxygens (including phenoxy) is 2. The van der Waals surface area contributed by atoms with Crippen molar-refractivity contribution in [3.05, 3.63) is 53.9 Å². The van der Waals surface area contributed by atoms with Gasteiger partial charge in [-0.25, -0.2) is 14.6 Å². The van der Waals surface area contributed by atoms with Crippen LogP contribution in [0.3, 0.4) is 0 Å². The zero-order valence-corrected chi connectivity index (χ0v) is 20.4. The first kappa shape index (κ1) is 23.6. The van der Waals surface area contributed by atoms with E-state index in [1.807, 2.05) is 55.8 Å². The fraction of sp³-hybridized carbons (Fsp3) is 0.423. The molecule has 4 rings (SSSR count). The van der Waals surface area contributed by atoms with E-state index in [9.17, 15) is 9.59 Å². The van der Waals surface area contributed by atoms with E-state index in [4.69, 9.17) is 9.47 Å². The smallest absolute Gasteiger partial charge is 0.410 e. The minimum absolute atomic E-state index is 0.0444. The van der Waals surface area contributed by atoms with Crippen molar-refractivity contribution in [2.45, 2.75) is 52.2 Å². The lowest BCUT2D eigenvalue weighted by Crippen LogP contribution is -2.47. The van der Waals surface area contributed by atoms with Crippen molar-refractivity contribution in [2.24, 2.45) is 0 Å². The summed E-state index contributed by atoms with van der Waals surface area (Å²) in [6.45, 7) is 8.76. The van der Waals surface area contributed by atoms with Crippen molar-refractivity contribution < 1.29 is 19.1 Å². The Hall–Kier alpha value is -3.55. The molecule has 2 aromatic heterocycles. The number of anilines is 1. The molecule has 1 fully saturated rings. The number of nitrogens with zero attached hydrogens (tertiary/aromatic N) is 3. The third kappa shape index (κ3) is 4.85. The average Bonchev–Trinajstić information content (AvgIpc) is 3.22. The molecule has 8 nitrogen and oxygen atoms in total. The van der Waals surface area contributed by atoms with Crippen molar-refractivity contribution >= 4 is 28.8 Å². The van der Waals surface area contributed by atoms with E-state index < -0.39 is 11.6 Å². The molecular weight excluding hydrogens is 432 g/mol. The number of aryl methyl sites for hydroxylation is 1. The Kier molecular flexibility index (Phi) is 6.50. The molecule has 1 aliphatic heterocycles. The number of methoxy groups -OCH3 is 1. The summed E-state index contributed by atoms with van der Waals surface area (Å²) in [6.07, 6.45) is 4.89. The third-order valence-electron chi connectivity index (χ3n) is 5.92. The minimum atomic E-state index is -0.550. The molecule has 34 heavy (non-hydrogen) atoms. The van der Waals surface area contributed by atoms with Gasteiger partial charge < -0.3 is 24.3 Å². The van der Waals surface area contributed by atoms with Crippen LogP contribution in [-0.2, 0) is 9.47 Å². The maximum Gasteiger partial charge on any atom is 0.410 e. The number of fused-ring (bicyclic) bond motifs is 1. The van der Waals surface area contributed by atoms with Gasteiger partial charge >= 0.3 is 12.1 Å². The molecule has 0 bridgehead atoms. The van der Waals surface area contributed by atoms with Gasteiger partial charge in [-0.2, -0.15) is 0 Å². The number of rotatable bonds is 4. The molecule has 3 heterocycles. The van der Waals surface area contributed by atoms with Crippen molar-refractivity contribution in [2.75, 3.05) is 25.5 Å². The number of carbonyl (C=O) groups is 2. The highest BCUT2D eigenvalue weighted by Gasteiger charge is 2.29. The first-order valence-electron chi connectivity index (χ1n) is 11.6. The summed E-state index contributed by atoms with van der Waals surface area (Å²) < 4.78 is 12.6. The molecule has 1 aliphatic rings. The Labute approximate surface area is 199 Å². The Morgan fingerprint density at radius 3 is 2.65 bits per heavy atom. The van der Waals surface area contributed by atoms with E-state index in [0.717, 1.165) is 35.1 Å². The molecule has 3 aromatic rings.